The van der Waals surface area contributed by atoms with Crippen molar-refractivity contribution in [3.8, 4) is 0 Å². The first kappa shape index (κ1) is 9.06. The quantitative estimate of drug-likeness (QED) is 0.773. The van der Waals surface area contributed by atoms with Crippen LogP contribution < -0.4 is 0 Å². The fraction of sp³-hybridized carbons (Fsp3) is 0.429. The van der Waals surface area contributed by atoms with E-state index in [1.165, 1.54) is 0 Å². The van der Waals surface area contributed by atoms with Gasteiger partial charge in [-0.05, 0) is 0 Å². The molecule has 0 aromatic carbocycles. The van der Waals surface area contributed by atoms with Gasteiger partial charge in [-0.3, -0.25) is 4.79 Å². The average molecular weight is 189 g/mol. The van der Waals surface area contributed by atoms with Crippen LogP contribution in [0.3, 0.4) is 0 Å². The van der Waals surface area contributed by atoms with Gasteiger partial charge < -0.3 is 9.67 Å². The van der Waals surface area contributed by atoms with Gasteiger partial charge in [-0.2, -0.15) is 0 Å². The van der Waals surface area contributed by atoms with Gasteiger partial charge in [0.2, 0.25) is 0 Å². The van der Waals surface area contributed by atoms with E-state index in [-0.39, 0.29) is 6.42 Å². The molecule has 12 heavy (non-hydrogen) atoms. The minimum absolute atomic E-state index is 0.0826. The molecular weight excluding hydrogens is 180 g/mol. The zero-order valence-corrected chi connectivity index (χ0v) is 7.38. The Morgan fingerprint density at radius 2 is 2.50 bits per heavy atom. The third kappa shape index (κ3) is 1.98. The number of aryl methyl sites for hydroxylation is 1. The van der Waals surface area contributed by atoms with Crippen molar-refractivity contribution in [3.05, 3.63) is 17.2 Å². The number of imidazole rings is 1. The van der Waals surface area contributed by atoms with Crippen LogP contribution in [-0.2, 0) is 18.3 Å². The predicted molar refractivity (Wildman–Crippen MR) is 44.2 cm³/mol. The predicted octanol–water partition coefficient (Wildman–Crippen LogP) is 1.09. The van der Waals surface area contributed by atoms with Crippen LogP contribution in [0.15, 0.2) is 6.33 Å². The summed E-state index contributed by atoms with van der Waals surface area (Å²) in [4.78, 5) is 14.1. The first-order valence-electron chi connectivity index (χ1n) is 3.48. The van der Waals surface area contributed by atoms with Gasteiger partial charge in [0.25, 0.3) is 0 Å². The van der Waals surface area contributed by atoms with Gasteiger partial charge in [-0.1, -0.05) is 11.6 Å². The summed E-state index contributed by atoms with van der Waals surface area (Å²) in [6, 6.07) is 0. The molecule has 0 saturated heterocycles. The van der Waals surface area contributed by atoms with Crippen LogP contribution in [0.5, 0.6) is 0 Å². The fourth-order valence-corrected chi connectivity index (χ4v) is 1.20. The van der Waals surface area contributed by atoms with Gasteiger partial charge in [-0.25, -0.2) is 4.98 Å². The van der Waals surface area contributed by atoms with E-state index in [2.05, 4.69) is 4.98 Å². The zero-order valence-electron chi connectivity index (χ0n) is 6.62. The summed E-state index contributed by atoms with van der Waals surface area (Å²) >= 11 is 5.70. The molecule has 1 heterocycles. The van der Waals surface area contributed by atoms with Gasteiger partial charge in [0.15, 0.2) is 0 Å². The van der Waals surface area contributed by atoms with E-state index in [1.807, 2.05) is 0 Å². The first-order valence-corrected chi connectivity index (χ1v) is 3.86. The summed E-state index contributed by atoms with van der Waals surface area (Å²) in [6.07, 6.45) is 2.07. The van der Waals surface area contributed by atoms with Gasteiger partial charge in [0.1, 0.15) is 5.15 Å². The Hall–Kier alpha value is -1.03. The monoisotopic (exact) mass is 188 g/mol. The molecule has 4 nitrogen and oxygen atoms in total. The Bertz CT molecular complexity index is 276. The van der Waals surface area contributed by atoms with Crippen molar-refractivity contribution in [2.24, 2.45) is 7.05 Å². The Kier molecular flexibility index (Phi) is 2.70. The Balaban J connectivity index is 2.68. The van der Waals surface area contributed by atoms with Gasteiger partial charge >= 0.3 is 5.97 Å². The molecule has 0 aliphatic rings. The second kappa shape index (κ2) is 3.58. The van der Waals surface area contributed by atoms with Crippen molar-refractivity contribution in [1.29, 1.82) is 0 Å². The molecule has 0 spiro atoms. The summed E-state index contributed by atoms with van der Waals surface area (Å²) in [5, 5.41) is 8.81. The van der Waals surface area contributed by atoms with Gasteiger partial charge in [0.05, 0.1) is 18.4 Å². The molecule has 0 aliphatic carbocycles. The lowest BCUT2D eigenvalue weighted by Crippen LogP contribution is -2.01. The van der Waals surface area contributed by atoms with Crippen LogP contribution in [-0.4, -0.2) is 20.6 Å². The number of halogens is 1. The number of rotatable bonds is 3. The summed E-state index contributed by atoms with van der Waals surface area (Å²) < 4.78 is 1.73. The number of hydrogen-bond acceptors (Lipinski definition) is 2. The molecule has 0 atom stereocenters. The molecule has 1 rings (SSSR count). The highest BCUT2D eigenvalue weighted by atomic mass is 35.5. The maximum atomic E-state index is 10.2. The van der Waals surface area contributed by atoms with Crippen molar-refractivity contribution in [2.45, 2.75) is 12.8 Å². The van der Waals surface area contributed by atoms with Crippen molar-refractivity contribution >= 4 is 17.6 Å². The maximum absolute atomic E-state index is 10.2. The number of carboxylic acids is 1. The summed E-state index contributed by atoms with van der Waals surface area (Å²) in [6.45, 7) is 0. The fourth-order valence-electron chi connectivity index (χ4n) is 0.932. The normalized spacial score (nSPS) is 10.2. The highest BCUT2D eigenvalue weighted by molar-refractivity contribution is 6.30. The number of aliphatic carboxylic acids is 1. The van der Waals surface area contributed by atoms with E-state index in [4.69, 9.17) is 16.7 Å². The molecule has 0 unspecified atom stereocenters. The second-order valence-corrected chi connectivity index (χ2v) is 2.84. The van der Waals surface area contributed by atoms with E-state index in [1.54, 1.807) is 17.9 Å². The van der Waals surface area contributed by atoms with Crippen LogP contribution >= 0.6 is 11.6 Å². The largest absolute Gasteiger partial charge is 0.481 e. The second-order valence-electron chi connectivity index (χ2n) is 2.49. The minimum Gasteiger partial charge on any atom is -0.481 e. The first-order chi connectivity index (χ1) is 5.61. The number of carboxylic acid groups (broad SMARTS) is 1. The van der Waals surface area contributed by atoms with Crippen LogP contribution in [0, 0.1) is 0 Å². The third-order valence-electron chi connectivity index (χ3n) is 1.58. The molecule has 1 aromatic rings. The number of aromatic nitrogens is 2. The standard InChI is InChI=1S/C7H9ClN2O2/c1-10-4-9-7(8)5(10)2-3-6(11)12/h4H,2-3H2,1H3,(H,11,12). The van der Waals surface area contributed by atoms with Crippen molar-refractivity contribution in [3.63, 3.8) is 0 Å². The maximum Gasteiger partial charge on any atom is 0.303 e. The molecule has 0 saturated carbocycles. The minimum atomic E-state index is -0.827. The lowest BCUT2D eigenvalue weighted by molar-refractivity contribution is -0.136. The molecule has 0 radical (unpaired) electrons. The van der Waals surface area contributed by atoms with Crippen LogP contribution in [0.2, 0.25) is 5.15 Å². The molecule has 66 valence electrons. The Morgan fingerprint density at radius 3 is 2.92 bits per heavy atom. The molecule has 0 amide bonds. The molecule has 0 aliphatic heterocycles. The van der Waals surface area contributed by atoms with E-state index >= 15 is 0 Å². The summed E-state index contributed by atoms with van der Waals surface area (Å²) in [5.41, 5.74) is 0.763. The number of nitrogens with zero attached hydrogens (tertiary/aromatic N) is 2. The number of hydrogen-bond donors (Lipinski definition) is 1. The Morgan fingerprint density at radius 1 is 1.83 bits per heavy atom. The van der Waals surface area contributed by atoms with Crippen molar-refractivity contribution in [2.75, 3.05) is 0 Å². The smallest absolute Gasteiger partial charge is 0.303 e. The van der Waals surface area contributed by atoms with Crippen molar-refractivity contribution < 1.29 is 9.90 Å². The molecular formula is C7H9ClN2O2. The topological polar surface area (TPSA) is 55.1 Å². The summed E-state index contributed by atoms with van der Waals surface area (Å²) in [7, 11) is 1.79. The van der Waals surface area contributed by atoms with E-state index in [0.717, 1.165) is 5.69 Å². The molecule has 1 aromatic heterocycles. The number of carbonyl (C=O) groups is 1. The lowest BCUT2D eigenvalue weighted by Gasteiger charge is -1.99. The van der Waals surface area contributed by atoms with Gasteiger partial charge in [-0.15, -0.1) is 0 Å². The third-order valence-corrected chi connectivity index (χ3v) is 1.90. The average Bonchev–Trinajstić information content (AvgIpc) is 2.28. The highest BCUT2D eigenvalue weighted by Crippen LogP contribution is 2.13. The molecule has 5 heteroatoms. The molecule has 1 N–H and O–H groups in total. The van der Waals surface area contributed by atoms with E-state index in [9.17, 15) is 4.79 Å². The highest BCUT2D eigenvalue weighted by Gasteiger charge is 2.07. The van der Waals surface area contributed by atoms with E-state index < -0.39 is 5.97 Å². The SMILES string of the molecule is Cn1cnc(Cl)c1CCC(=O)O. The van der Waals surface area contributed by atoms with Crippen LogP contribution in [0.4, 0.5) is 0 Å². The van der Waals surface area contributed by atoms with E-state index in [0.29, 0.717) is 11.6 Å². The van der Waals surface area contributed by atoms with Crippen LogP contribution in [0.25, 0.3) is 0 Å². The Labute approximate surface area is 74.8 Å². The van der Waals surface area contributed by atoms with Gasteiger partial charge in [0, 0.05) is 13.5 Å². The lowest BCUT2D eigenvalue weighted by atomic mass is 10.2. The molecule has 0 fully saturated rings. The molecule has 0 bridgehead atoms. The van der Waals surface area contributed by atoms with Crippen LogP contribution in [0.1, 0.15) is 12.1 Å². The van der Waals surface area contributed by atoms with Crippen molar-refractivity contribution in [1.82, 2.24) is 9.55 Å². The zero-order chi connectivity index (χ0) is 9.14. The summed E-state index contributed by atoms with van der Waals surface area (Å²) in [5.74, 6) is -0.827.